The molecule has 21 heavy (non-hydrogen) atoms. The Kier molecular flexibility index (Phi) is 4.94. The third kappa shape index (κ3) is 3.65. The highest BCUT2D eigenvalue weighted by molar-refractivity contribution is 5.28. The van der Waals surface area contributed by atoms with Crippen LogP contribution in [0.25, 0.3) is 0 Å². The van der Waals surface area contributed by atoms with Gasteiger partial charge in [0.25, 0.3) is 0 Å². The van der Waals surface area contributed by atoms with E-state index in [0.29, 0.717) is 5.41 Å². The largest absolute Gasteiger partial charge is 0.381 e. The molecule has 3 nitrogen and oxygen atoms in total. The van der Waals surface area contributed by atoms with Gasteiger partial charge in [0.2, 0.25) is 0 Å². The van der Waals surface area contributed by atoms with E-state index in [-0.39, 0.29) is 0 Å². The number of rotatable bonds is 4. The van der Waals surface area contributed by atoms with Gasteiger partial charge in [-0.2, -0.15) is 0 Å². The predicted molar refractivity (Wildman–Crippen MR) is 86.7 cm³/mol. The number of ether oxygens (including phenoxy) is 1. The Balaban J connectivity index is 1.65. The van der Waals surface area contributed by atoms with E-state index in [4.69, 9.17) is 4.74 Å². The van der Waals surface area contributed by atoms with Gasteiger partial charge < -0.3 is 15.0 Å². The summed E-state index contributed by atoms with van der Waals surface area (Å²) in [5, 5.41) is 3.39. The summed E-state index contributed by atoms with van der Waals surface area (Å²) in [5.41, 5.74) is 3.40. The summed E-state index contributed by atoms with van der Waals surface area (Å²) >= 11 is 0. The Labute approximate surface area is 128 Å². The zero-order valence-corrected chi connectivity index (χ0v) is 13.2. The van der Waals surface area contributed by atoms with Gasteiger partial charge in [0.1, 0.15) is 0 Å². The van der Waals surface area contributed by atoms with E-state index in [9.17, 15) is 0 Å². The van der Waals surface area contributed by atoms with Crippen molar-refractivity contribution in [2.45, 2.75) is 25.7 Å². The summed E-state index contributed by atoms with van der Waals surface area (Å²) in [7, 11) is 2.06. The second kappa shape index (κ2) is 6.91. The highest BCUT2D eigenvalue weighted by Crippen LogP contribution is 2.30. The summed E-state index contributed by atoms with van der Waals surface area (Å²) in [6.45, 7) is 6.46. The molecule has 1 atom stereocenters. The lowest BCUT2D eigenvalue weighted by atomic mass is 9.81. The van der Waals surface area contributed by atoms with Crippen molar-refractivity contribution in [2.75, 3.05) is 46.4 Å². The van der Waals surface area contributed by atoms with Crippen molar-refractivity contribution in [3.8, 4) is 0 Å². The minimum Gasteiger partial charge on any atom is -0.381 e. The molecule has 1 N–H and O–H groups in total. The molecular weight excluding hydrogens is 260 g/mol. The fourth-order valence-electron chi connectivity index (χ4n) is 3.95. The molecule has 2 heterocycles. The lowest BCUT2D eigenvalue weighted by molar-refractivity contribution is -0.0248. The van der Waals surface area contributed by atoms with Crippen LogP contribution in [0.5, 0.6) is 0 Å². The van der Waals surface area contributed by atoms with E-state index in [1.807, 2.05) is 0 Å². The molecule has 1 aromatic carbocycles. The SMILES string of the molecule is CNCC1(CN2CCc3ccccc3CC2)CCCOC1. The number of fused-ring (bicyclic) bond motifs is 1. The maximum absolute atomic E-state index is 5.81. The molecule has 1 unspecified atom stereocenters. The average molecular weight is 288 g/mol. The molecular formula is C18H28N2O. The molecule has 2 aliphatic heterocycles. The summed E-state index contributed by atoms with van der Waals surface area (Å²) in [4.78, 5) is 2.66. The van der Waals surface area contributed by atoms with E-state index in [2.05, 4.69) is 41.5 Å². The summed E-state index contributed by atoms with van der Waals surface area (Å²) in [5.74, 6) is 0. The summed E-state index contributed by atoms with van der Waals surface area (Å²) < 4.78 is 5.81. The molecule has 1 fully saturated rings. The molecule has 2 aliphatic rings. The predicted octanol–water partition coefficient (Wildman–Crippen LogP) is 2.10. The molecule has 1 aromatic rings. The molecule has 116 valence electrons. The van der Waals surface area contributed by atoms with Gasteiger partial charge in [-0.05, 0) is 43.9 Å². The molecule has 0 saturated carbocycles. The Morgan fingerprint density at radius 1 is 1.19 bits per heavy atom. The van der Waals surface area contributed by atoms with Crippen molar-refractivity contribution >= 4 is 0 Å². The average Bonchev–Trinajstić information content (AvgIpc) is 2.71. The zero-order valence-electron chi connectivity index (χ0n) is 13.2. The van der Waals surface area contributed by atoms with E-state index >= 15 is 0 Å². The maximum atomic E-state index is 5.81. The minimum absolute atomic E-state index is 0.309. The smallest absolute Gasteiger partial charge is 0.0546 e. The van der Waals surface area contributed by atoms with Crippen molar-refractivity contribution in [2.24, 2.45) is 5.41 Å². The fraction of sp³-hybridized carbons (Fsp3) is 0.667. The molecule has 1 saturated heterocycles. The first kappa shape index (κ1) is 15.0. The number of hydrogen-bond acceptors (Lipinski definition) is 3. The van der Waals surface area contributed by atoms with Gasteiger partial charge in [-0.1, -0.05) is 24.3 Å². The highest BCUT2D eigenvalue weighted by atomic mass is 16.5. The minimum atomic E-state index is 0.309. The first-order valence-corrected chi connectivity index (χ1v) is 8.33. The molecule has 3 rings (SSSR count). The molecule has 0 aliphatic carbocycles. The van der Waals surface area contributed by atoms with Crippen molar-refractivity contribution < 1.29 is 4.74 Å². The normalized spacial score (nSPS) is 27.1. The molecule has 0 radical (unpaired) electrons. The lowest BCUT2D eigenvalue weighted by Gasteiger charge is -2.40. The number of benzene rings is 1. The van der Waals surface area contributed by atoms with Gasteiger partial charge in [-0.15, -0.1) is 0 Å². The number of nitrogens with one attached hydrogen (secondary N) is 1. The van der Waals surface area contributed by atoms with Crippen molar-refractivity contribution in [3.63, 3.8) is 0 Å². The van der Waals surface area contributed by atoms with Crippen molar-refractivity contribution in [1.29, 1.82) is 0 Å². The van der Waals surface area contributed by atoms with Crippen LogP contribution in [0, 0.1) is 5.41 Å². The van der Waals surface area contributed by atoms with Gasteiger partial charge in [0.15, 0.2) is 0 Å². The first-order valence-electron chi connectivity index (χ1n) is 8.33. The van der Waals surface area contributed by atoms with Crippen LogP contribution in [-0.2, 0) is 17.6 Å². The van der Waals surface area contributed by atoms with Gasteiger partial charge in [-0.25, -0.2) is 0 Å². The standard InChI is InChI=1S/C18H28N2O/c1-19-13-18(9-4-12-21-15-18)14-20-10-7-16-5-2-3-6-17(16)8-11-20/h2-3,5-6,19H,4,7-15H2,1H3. The van der Waals surface area contributed by atoms with Crippen molar-refractivity contribution in [1.82, 2.24) is 10.2 Å². The third-order valence-corrected chi connectivity index (χ3v) is 5.03. The van der Waals surface area contributed by atoms with Crippen LogP contribution < -0.4 is 5.32 Å². The quantitative estimate of drug-likeness (QED) is 0.918. The van der Waals surface area contributed by atoms with Crippen LogP contribution in [0.4, 0.5) is 0 Å². The fourth-order valence-corrected chi connectivity index (χ4v) is 3.95. The van der Waals surface area contributed by atoms with Gasteiger partial charge in [-0.3, -0.25) is 0 Å². The topological polar surface area (TPSA) is 24.5 Å². The first-order chi connectivity index (χ1) is 10.3. The second-order valence-electron chi connectivity index (χ2n) is 6.73. The molecule has 0 spiro atoms. The van der Waals surface area contributed by atoms with Crippen LogP contribution in [0.3, 0.4) is 0 Å². The van der Waals surface area contributed by atoms with Gasteiger partial charge in [0.05, 0.1) is 6.61 Å². The van der Waals surface area contributed by atoms with E-state index in [1.54, 1.807) is 11.1 Å². The Bertz CT molecular complexity index is 422. The van der Waals surface area contributed by atoms with E-state index < -0.39 is 0 Å². The van der Waals surface area contributed by atoms with E-state index in [0.717, 1.165) is 19.8 Å². The van der Waals surface area contributed by atoms with Gasteiger partial charge >= 0.3 is 0 Å². The lowest BCUT2D eigenvalue weighted by Crippen LogP contribution is -2.49. The Hall–Kier alpha value is -0.900. The monoisotopic (exact) mass is 288 g/mol. The maximum Gasteiger partial charge on any atom is 0.0546 e. The van der Waals surface area contributed by atoms with E-state index in [1.165, 1.54) is 45.3 Å². The van der Waals surface area contributed by atoms with Crippen LogP contribution in [-0.4, -0.2) is 51.3 Å². The summed E-state index contributed by atoms with van der Waals surface area (Å²) in [6.07, 6.45) is 4.87. The van der Waals surface area contributed by atoms with Crippen molar-refractivity contribution in [3.05, 3.63) is 35.4 Å². The second-order valence-corrected chi connectivity index (χ2v) is 6.73. The van der Waals surface area contributed by atoms with Crippen LogP contribution in [0.15, 0.2) is 24.3 Å². The number of hydrogen-bond donors (Lipinski definition) is 1. The molecule has 0 bridgehead atoms. The Morgan fingerprint density at radius 2 is 1.90 bits per heavy atom. The van der Waals surface area contributed by atoms with Crippen LogP contribution >= 0.6 is 0 Å². The molecule has 0 aromatic heterocycles. The zero-order chi connectivity index (χ0) is 14.5. The Morgan fingerprint density at radius 3 is 2.48 bits per heavy atom. The third-order valence-electron chi connectivity index (χ3n) is 5.03. The van der Waals surface area contributed by atoms with Crippen LogP contribution in [0.2, 0.25) is 0 Å². The highest BCUT2D eigenvalue weighted by Gasteiger charge is 2.34. The summed E-state index contributed by atoms with van der Waals surface area (Å²) in [6, 6.07) is 8.94. The number of nitrogens with zero attached hydrogens (tertiary/aromatic N) is 1. The molecule has 0 amide bonds. The molecule has 3 heteroatoms. The van der Waals surface area contributed by atoms with Crippen LogP contribution in [0.1, 0.15) is 24.0 Å². The van der Waals surface area contributed by atoms with Gasteiger partial charge in [0, 0.05) is 38.2 Å².